The van der Waals surface area contributed by atoms with Gasteiger partial charge in [-0.2, -0.15) is 0 Å². The molecule has 0 spiro atoms. The lowest BCUT2D eigenvalue weighted by molar-refractivity contribution is -0.143. The third kappa shape index (κ3) is 4.65. The maximum atomic E-state index is 11.1. The Labute approximate surface area is 109 Å². The Hall–Kier alpha value is -1.23. The zero-order valence-corrected chi connectivity index (χ0v) is 11.5. The van der Waals surface area contributed by atoms with Crippen LogP contribution < -0.4 is 9.47 Å². The van der Waals surface area contributed by atoms with E-state index in [4.69, 9.17) is 14.2 Å². The summed E-state index contributed by atoms with van der Waals surface area (Å²) in [6.07, 6.45) is 0.226. The van der Waals surface area contributed by atoms with E-state index in [1.165, 1.54) is 0 Å². The number of hydrogen-bond donors (Lipinski definition) is 0. The molecule has 0 saturated carbocycles. The predicted molar refractivity (Wildman–Crippen MR) is 67.4 cm³/mol. The van der Waals surface area contributed by atoms with Crippen LogP contribution in [0.2, 0.25) is 0 Å². The largest absolute Gasteiger partial charge is 0.493 e. The number of esters is 1. The highest BCUT2D eigenvalue weighted by molar-refractivity contribution is 9.10. The molecule has 0 atom stereocenters. The number of carbonyl (C=O) groups is 1. The van der Waals surface area contributed by atoms with Gasteiger partial charge < -0.3 is 14.2 Å². The molecule has 0 radical (unpaired) electrons. The molecule has 0 bridgehead atoms. The van der Waals surface area contributed by atoms with Crippen molar-refractivity contribution >= 4 is 21.9 Å². The topological polar surface area (TPSA) is 44.8 Å². The van der Waals surface area contributed by atoms with E-state index in [0.717, 1.165) is 4.47 Å². The average Bonchev–Trinajstić information content (AvgIpc) is 2.30. The Balaban J connectivity index is 2.50. The molecule has 0 N–H and O–H groups in total. The highest BCUT2D eigenvalue weighted by Crippen LogP contribution is 2.30. The van der Waals surface area contributed by atoms with Crippen molar-refractivity contribution in [3.05, 3.63) is 22.7 Å². The van der Waals surface area contributed by atoms with Crippen molar-refractivity contribution in [3.8, 4) is 11.5 Å². The van der Waals surface area contributed by atoms with E-state index in [1.54, 1.807) is 26.2 Å². The van der Waals surface area contributed by atoms with Crippen LogP contribution in [0.25, 0.3) is 0 Å². The minimum absolute atomic E-state index is 0.226. The van der Waals surface area contributed by atoms with Crippen LogP contribution in [0.3, 0.4) is 0 Å². The number of halogens is 1. The molecule has 0 aliphatic heterocycles. The molecule has 0 aliphatic rings. The number of hydrogen-bond acceptors (Lipinski definition) is 4. The van der Waals surface area contributed by atoms with Crippen LogP contribution in [0, 0.1) is 0 Å². The van der Waals surface area contributed by atoms with E-state index in [-0.39, 0.29) is 19.0 Å². The number of benzene rings is 1. The van der Waals surface area contributed by atoms with Crippen LogP contribution in [0.4, 0.5) is 0 Å². The molecule has 0 unspecified atom stereocenters. The summed E-state index contributed by atoms with van der Waals surface area (Å²) in [4.78, 5) is 11.1. The van der Waals surface area contributed by atoms with Crippen LogP contribution in [0.15, 0.2) is 22.7 Å². The number of methoxy groups -OCH3 is 1. The molecule has 0 fully saturated rings. The lowest BCUT2D eigenvalue weighted by Crippen LogP contribution is -2.09. The molecule has 1 rings (SSSR count). The third-order valence-electron chi connectivity index (χ3n) is 1.99. The second kappa shape index (κ2) is 7.17. The van der Waals surface area contributed by atoms with Crippen molar-refractivity contribution in [1.82, 2.24) is 0 Å². The summed E-state index contributed by atoms with van der Waals surface area (Å²) < 4.78 is 16.3. The van der Waals surface area contributed by atoms with Gasteiger partial charge in [-0.25, -0.2) is 0 Å². The van der Waals surface area contributed by atoms with Gasteiger partial charge in [-0.1, -0.05) is 15.9 Å². The SMILES string of the molecule is CCOC(=O)CCOc1cc(Br)ccc1OC. The van der Waals surface area contributed by atoms with Crippen molar-refractivity contribution in [2.45, 2.75) is 13.3 Å². The van der Waals surface area contributed by atoms with E-state index in [9.17, 15) is 4.79 Å². The molecule has 0 aromatic heterocycles. The first kappa shape index (κ1) is 13.8. The summed E-state index contributed by atoms with van der Waals surface area (Å²) in [5.74, 6) is 0.977. The van der Waals surface area contributed by atoms with Gasteiger partial charge in [0.2, 0.25) is 0 Å². The van der Waals surface area contributed by atoms with Gasteiger partial charge in [-0.15, -0.1) is 0 Å². The lowest BCUT2D eigenvalue weighted by atomic mass is 10.3. The normalized spacial score (nSPS) is 9.82. The van der Waals surface area contributed by atoms with Crippen LogP contribution in [-0.2, 0) is 9.53 Å². The van der Waals surface area contributed by atoms with Gasteiger partial charge in [0.1, 0.15) is 0 Å². The molecular weight excluding hydrogens is 288 g/mol. The monoisotopic (exact) mass is 302 g/mol. The molecule has 0 amide bonds. The minimum atomic E-state index is -0.263. The molecule has 1 aromatic carbocycles. The fourth-order valence-corrected chi connectivity index (χ4v) is 1.58. The van der Waals surface area contributed by atoms with Crippen molar-refractivity contribution in [2.24, 2.45) is 0 Å². The Kier molecular flexibility index (Phi) is 5.83. The highest BCUT2D eigenvalue weighted by Gasteiger charge is 2.07. The molecule has 94 valence electrons. The second-order valence-corrected chi connectivity index (χ2v) is 4.11. The summed E-state index contributed by atoms with van der Waals surface area (Å²) >= 11 is 3.34. The first-order valence-electron chi connectivity index (χ1n) is 5.29. The molecule has 0 aliphatic carbocycles. The van der Waals surface area contributed by atoms with Crippen LogP contribution in [-0.4, -0.2) is 26.3 Å². The Bertz CT molecular complexity index is 379. The van der Waals surface area contributed by atoms with Gasteiger partial charge in [-0.05, 0) is 25.1 Å². The molecule has 0 saturated heterocycles. The Morgan fingerprint density at radius 3 is 2.76 bits per heavy atom. The third-order valence-corrected chi connectivity index (χ3v) is 2.49. The van der Waals surface area contributed by atoms with Crippen molar-refractivity contribution in [1.29, 1.82) is 0 Å². The molecule has 17 heavy (non-hydrogen) atoms. The van der Waals surface area contributed by atoms with Crippen molar-refractivity contribution < 1.29 is 19.0 Å². The molecule has 4 nitrogen and oxygen atoms in total. The highest BCUT2D eigenvalue weighted by atomic mass is 79.9. The Morgan fingerprint density at radius 2 is 2.12 bits per heavy atom. The molecule has 5 heteroatoms. The van der Waals surface area contributed by atoms with E-state index in [0.29, 0.717) is 18.1 Å². The van der Waals surface area contributed by atoms with Gasteiger partial charge in [0.05, 0.1) is 26.7 Å². The number of carbonyl (C=O) groups excluding carboxylic acids is 1. The van der Waals surface area contributed by atoms with Gasteiger partial charge in [-0.3, -0.25) is 4.79 Å². The van der Waals surface area contributed by atoms with E-state index < -0.39 is 0 Å². The summed E-state index contributed by atoms with van der Waals surface area (Å²) in [5.41, 5.74) is 0. The van der Waals surface area contributed by atoms with Crippen LogP contribution in [0.1, 0.15) is 13.3 Å². The molecule has 1 aromatic rings. The Morgan fingerprint density at radius 1 is 1.35 bits per heavy atom. The fraction of sp³-hybridized carbons (Fsp3) is 0.417. The number of ether oxygens (including phenoxy) is 3. The minimum Gasteiger partial charge on any atom is -0.493 e. The van der Waals surface area contributed by atoms with Crippen molar-refractivity contribution in [2.75, 3.05) is 20.3 Å². The standard InChI is InChI=1S/C12H15BrO4/c1-3-16-12(14)6-7-17-11-8-9(13)4-5-10(11)15-2/h4-5,8H,3,6-7H2,1-2H3. The summed E-state index contributed by atoms with van der Waals surface area (Å²) in [6, 6.07) is 5.45. The average molecular weight is 303 g/mol. The maximum Gasteiger partial charge on any atom is 0.309 e. The van der Waals surface area contributed by atoms with E-state index in [2.05, 4.69) is 15.9 Å². The zero-order valence-electron chi connectivity index (χ0n) is 9.86. The summed E-state index contributed by atoms with van der Waals surface area (Å²) in [6.45, 7) is 2.43. The van der Waals surface area contributed by atoms with Gasteiger partial charge in [0.15, 0.2) is 11.5 Å². The quantitative estimate of drug-likeness (QED) is 0.758. The first-order chi connectivity index (χ1) is 8.17. The van der Waals surface area contributed by atoms with Gasteiger partial charge in [0.25, 0.3) is 0 Å². The maximum absolute atomic E-state index is 11.1. The van der Waals surface area contributed by atoms with Gasteiger partial charge in [0, 0.05) is 4.47 Å². The van der Waals surface area contributed by atoms with Crippen LogP contribution >= 0.6 is 15.9 Å². The molecule has 0 heterocycles. The van der Waals surface area contributed by atoms with E-state index >= 15 is 0 Å². The second-order valence-electron chi connectivity index (χ2n) is 3.20. The fourth-order valence-electron chi connectivity index (χ4n) is 1.24. The molecular formula is C12H15BrO4. The van der Waals surface area contributed by atoms with E-state index in [1.807, 2.05) is 6.07 Å². The summed E-state index contributed by atoms with van der Waals surface area (Å²) in [5, 5.41) is 0. The van der Waals surface area contributed by atoms with Crippen LogP contribution in [0.5, 0.6) is 11.5 Å². The first-order valence-corrected chi connectivity index (χ1v) is 6.08. The van der Waals surface area contributed by atoms with Gasteiger partial charge >= 0.3 is 5.97 Å². The summed E-state index contributed by atoms with van der Waals surface area (Å²) in [7, 11) is 1.57. The zero-order chi connectivity index (χ0) is 12.7. The number of rotatable bonds is 6. The van der Waals surface area contributed by atoms with Crippen molar-refractivity contribution in [3.63, 3.8) is 0 Å². The predicted octanol–water partition coefficient (Wildman–Crippen LogP) is 2.79. The lowest BCUT2D eigenvalue weighted by Gasteiger charge is -2.10. The smallest absolute Gasteiger partial charge is 0.309 e.